The molecular weight excluding hydrogens is 398 g/mol. The number of aromatic nitrogens is 2. The van der Waals surface area contributed by atoms with Crippen LogP contribution in [0.4, 0.5) is 0 Å². The first kappa shape index (κ1) is 20.6. The molecule has 1 fully saturated rings. The molecule has 2 aromatic carbocycles. The molecule has 0 radical (unpaired) electrons. The van der Waals surface area contributed by atoms with Crippen molar-refractivity contribution in [3.63, 3.8) is 0 Å². The van der Waals surface area contributed by atoms with Crippen LogP contribution in [0, 0.1) is 13.8 Å². The lowest BCUT2D eigenvalue weighted by Gasteiger charge is -2.33. The maximum atomic E-state index is 13.4. The van der Waals surface area contributed by atoms with Crippen molar-refractivity contribution in [2.24, 2.45) is 0 Å². The van der Waals surface area contributed by atoms with Gasteiger partial charge in [0.2, 0.25) is 11.7 Å². The second-order valence-electron chi connectivity index (χ2n) is 8.04. The fourth-order valence-corrected chi connectivity index (χ4v) is 4.11. The van der Waals surface area contributed by atoms with E-state index in [1.54, 1.807) is 12.1 Å². The Morgan fingerprint density at radius 3 is 2.50 bits per heavy atom. The van der Waals surface area contributed by atoms with Gasteiger partial charge in [-0.05, 0) is 74.2 Å². The first-order valence-corrected chi connectivity index (χ1v) is 10.9. The summed E-state index contributed by atoms with van der Waals surface area (Å²) in [6.07, 6.45) is 5.52. The fourth-order valence-electron chi connectivity index (χ4n) is 3.98. The normalized spacial score (nSPS) is 14.6. The Balaban J connectivity index is 1.59. The van der Waals surface area contributed by atoms with Crippen LogP contribution in [0.3, 0.4) is 0 Å². The second-order valence-corrected chi connectivity index (χ2v) is 8.48. The van der Waals surface area contributed by atoms with Crippen LogP contribution in [-0.2, 0) is 6.54 Å². The highest BCUT2D eigenvalue weighted by Crippen LogP contribution is 2.27. The summed E-state index contributed by atoms with van der Waals surface area (Å²) in [6.45, 7) is 4.41. The zero-order valence-electron chi connectivity index (χ0n) is 17.4. The molecule has 0 atom stereocenters. The highest BCUT2D eigenvalue weighted by Gasteiger charge is 2.28. The summed E-state index contributed by atoms with van der Waals surface area (Å²) in [5, 5.41) is 4.76. The number of hydrogen-bond donors (Lipinski definition) is 0. The van der Waals surface area contributed by atoms with Gasteiger partial charge in [0.1, 0.15) is 6.54 Å². The number of aryl methyl sites for hydroxylation is 2. The van der Waals surface area contributed by atoms with Crippen molar-refractivity contribution in [3.05, 3.63) is 70.1 Å². The molecule has 3 aromatic rings. The number of nitrogens with zero attached hydrogens (tertiary/aromatic N) is 3. The number of halogens is 1. The van der Waals surface area contributed by atoms with Gasteiger partial charge >= 0.3 is 0 Å². The van der Waals surface area contributed by atoms with E-state index in [4.69, 9.17) is 16.1 Å². The van der Waals surface area contributed by atoms with Crippen molar-refractivity contribution < 1.29 is 9.32 Å². The summed E-state index contributed by atoms with van der Waals surface area (Å²) >= 11 is 5.96. The zero-order valence-corrected chi connectivity index (χ0v) is 18.2. The highest BCUT2D eigenvalue weighted by atomic mass is 35.5. The lowest BCUT2D eigenvalue weighted by molar-refractivity contribution is 0.0586. The zero-order chi connectivity index (χ0) is 21.1. The maximum Gasteiger partial charge on any atom is 0.254 e. The first-order chi connectivity index (χ1) is 14.5. The Morgan fingerprint density at radius 2 is 1.80 bits per heavy atom. The molecule has 1 aliphatic carbocycles. The van der Waals surface area contributed by atoms with E-state index in [-0.39, 0.29) is 11.9 Å². The van der Waals surface area contributed by atoms with E-state index in [2.05, 4.69) is 17.1 Å². The van der Waals surface area contributed by atoms with Gasteiger partial charge in [-0.25, -0.2) is 0 Å². The van der Waals surface area contributed by atoms with Crippen LogP contribution in [0.5, 0.6) is 0 Å². The standard InChI is InChI=1S/C24H26ClN3O2/c1-16-8-9-19(14-17(16)2)24(29)28(21-6-4-3-5-7-21)15-22-26-23(27-30-22)18-10-12-20(25)13-11-18/h8-14,21H,3-7,15H2,1-2H3. The minimum absolute atomic E-state index is 0.0243. The van der Waals surface area contributed by atoms with Gasteiger partial charge in [-0.3, -0.25) is 4.79 Å². The van der Waals surface area contributed by atoms with Gasteiger partial charge in [0, 0.05) is 22.2 Å². The topological polar surface area (TPSA) is 59.2 Å². The Morgan fingerprint density at radius 1 is 1.07 bits per heavy atom. The van der Waals surface area contributed by atoms with Gasteiger partial charge in [-0.2, -0.15) is 4.98 Å². The molecule has 1 heterocycles. The van der Waals surface area contributed by atoms with E-state index in [9.17, 15) is 4.79 Å². The van der Waals surface area contributed by atoms with Crippen LogP contribution in [0.1, 0.15) is 59.5 Å². The van der Waals surface area contributed by atoms with Gasteiger partial charge in [0.15, 0.2) is 0 Å². The molecular formula is C24H26ClN3O2. The van der Waals surface area contributed by atoms with E-state index < -0.39 is 0 Å². The molecule has 0 bridgehead atoms. The third kappa shape index (κ3) is 4.57. The number of carbonyl (C=O) groups excluding carboxylic acids is 1. The summed E-state index contributed by atoms with van der Waals surface area (Å²) in [5.41, 5.74) is 3.84. The molecule has 0 saturated heterocycles. The van der Waals surface area contributed by atoms with E-state index >= 15 is 0 Å². The van der Waals surface area contributed by atoms with Crippen molar-refractivity contribution in [2.45, 2.75) is 58.5 Å². The molecule has 0 aliphatic heterocycles. The maximum absolute atomic E-state index is 13.4. The number of carbonyl (C=O) groups is 1. The molecule has 0 N–H and O–H groups in total. The largest absolute Gasteiger partial charge is 0.337 e. The Labute approximate surface area is 182 Å². The average molecular weight is 424 g/mol. The number of amides is 1. The van der Waals surface area contributed by atoms with E-state index in [0.717, 1.165) is 36.8 Å². The Hall–Kier alpha value is -2.66. The molecule has 4 rings (SSSR count). The summed E-state index contributed by atoms with van der Waals surface area (Å²) in [7, 11) is 0. The molecule has 5 nitrogen and oxygen atoms in total. The molecule has 1 amide bonds. The van der Waals surface area contributed by atoms with Crippen molar-refractivity contribution in [1.82, 2.24) is 15.0 Å². The molecule has 0 unspecified atom stereocenters. The summed E-state index contributed by atoms with van der Waals surface area (Å²) < 4.78 is 5.51. The van der Waals surface area contributed by atoms with Gasteiger partial charge in [-0.15, -0.1) is 0 Å². The number of hydrogen-bond acceptors (Lipinski definition) is 4. The molecule has 1 aromatic heterocycles. The first-order valence-electron chi connectivity index (χ1n) is 10.5. The van der Waals surface area contributed by atoms with Crippen LogP contribution in [0.2, 0.25) is 5.02 Å². The van der Waals surface area contributed by atoms with Crippen molar-refractivity contribution in [3.8, 4) is 11.4 Å². The van der Waals surface area contributed by atoms with Crippen LogP contribution in [-0.4, -0.2) is 27.0 Å². The van der Waals surface area contributed by atoms with Crippen molar-refractivity contribution in [2.75, 3.05) is 0 Å². The minimum Gasteiger partial charge on any atom is -0.337 e. The smallest absolute Gasteiger partial charge is 0.254 e. The average Bonchev–Trinajstić information content (AvgIpc) is 3.23. The van der Waals surface area contributed by atoms with E-state index in [1.165, 1.54) is 12.0 Å². The predicted octanol–water partition coefficient (Wildman–Crippen LogP) is 5.98. The SMILES string of the molecule is Cc1ccc(C(=O)N(Cc2nc(-c3ccc(Cl)cc3)no2)C2CCCCC2)cc1C. The Kier molecular flexibility index (Phi) is 6.18. The van der Waals surface area contributed by atoms with Gasteiger partial charge < -0.3 is 9.42 Å². The van der Waals surface area contributed by atoms with Crippen molar-refractivity contribution in [1.29, 1.82) is 0 Å². The number of rotatable bonds is 5. The minimum atomic E-state index is 0.0243. The van der Waals surface area contributed by atoms with Crippen LogP contribution >= 0.6 is 11.6 Å². The summed E-state index contributed by atoms with van der Waals surface area (Å²) in [6, 6.07) is 13.4. The summed E-state index contributed by atoms with van der Waals surface area (Å²) in [5.74, 6) is 0.975. The molecule has 6 heteroatoms. The molecule has 1 aliphatic rings. The van der Waals surface area contributed by atoms with Gasteiger partial charge in [0.05, 0.1) is 0 Å². The lowest BCUT2D eigenvalue weighted by atomic mass is 9.93. The third-order valence-electron chi connectivity index (χ3n) is 5.91. The third-order valence-corrected chi connectivity index (χ3v) is 6.16. The molecule has 0 spiro atoms. The lowest BCUT2D eigenvalue weighted by Crippen LogP contribution is -2.41. The van der Waals surface area contributed by atoms with Crippen molar-refractivity contribution >= 4 is 17.5 Å². The quantitative estimate of drug-likeness (QED) is 0.506. The van der Waals surface area contributed by atoms with E-state index in [0.29, 0.717) is 28.8 Å². The predicted molar refractivity (Wildman–Crippen MR) is 117 cm³/mol. The second kappa shape index (κ2) is 9.00. The van der Waals surface area contributed by atoms with Gasteiger partial charge in [-0.1, -0.05) is 42.1 Å². The Bertz CT molecular complexity index is 1020. The monoisotopic (exact) mass is 423 g/mol. The highest BCUT2D eigenvalue weighted by molar-refractivity contribution is 6.30. The van der Waals surface area contributed by atoms with E-state index in [1.807, 2.05) is 42.2 Å². The molecule has 156 valence electrons. The molecule has 1 saturated carbocycles. The van der Waals surface area contributed by atoms with Crippen LogP contribution in [0.25, 0.3) is 11.4 Å². The van der Waals surface area contributed by atoms with Gasteiger partial charge in [0.25, 0.3) is 5.91 Å². The molecule has 30 heavy (non-hydrogen) atoms. The fraction of sp³-hybridized carbons (Fsp3) is 0.375. The van der Waals surface area contributed by atoms with Crippen LogP contribution in [0.15, 0.2) is 47.0 Å². The number of benzene rings is 2. The van der Waals surface area contributed by atoms with Crippen LogP contribution < -0.4 is 0 Å². The summed E-state index contributed by atoms with van der Waals surface area (Å²) in [4.78, 5) is 19.9.